The number of anilines is 1. The molecule has 2 aromatic rings. The third-order valence-corrected chi connectivity index (χ3v) is 5.56. The maximum Gasteiger partial charge on any atom is 0.125 e. The van der Waals surface area contributed by atoms with Crippen molar-refractivity contribution in [2.75, 3.05) is 38.2 Å². The van der Waals surface area contributed by atoms with Gasteiger partial charge in [-0.25, -0.2) is 0 Å². The molecule has 0 aromatic heterocycles. The lowest BCUT2D eigenvalue weighted by Gasteiger charge is -2.36. The lowest BCUT2D eigenvalue weighted by molar-refractivity contribution is 0.243. The first-order valence-electron chi connectivity index (χ1n) is 9.73. The van der Waals surface area contributed by atoms with Crippen LogP contribution in [-0.2, 0) is 18.6 Å². The Morgan fingerprint density at radius 1 is 1.07 bits per heavy atom. The second-order valence-electron chi connectivity index (χ2n) is 7.81. The van der Waals surface area contributed by atoms with Gasteiger partial charge in [0.05, 0.1) is 25.2 Å². The first-order chi connectivity index (χ1) is 13.5. The van der Waals surface area contributed by atoms with Crippen molar-refractivity contribution in [3.05, 3.63) is 59.2 Å². The summed E-state index contributed by atoms with van der Waals surface area (Å²) in [5.41, 5.74) is 3.67. The third kappa shape index (κ3) is 4.30. The molecule has 1 heterocycles. The second-order valence-corrected chi connectivity index (χ2v) is 7.81. The molecule has 1 aliphatic rings. The van der Waals surface area contributed by atoms with Gasteiger partial charge in [-0.05, 0) is 31.0 Å². The molecule has 148 valence electrons. The molecule has 1 N–H and O–H groups in total. The number of rotatable bonds is 6. The first kappa shape index (κ1) is 20.2. The minimum absolute atomic E-state index is 0.0846. The molecule has 2 aromatic carbocycles. The van der Waals surface area contributed by atoms with Gasteiger partial charge in [0, 0.05) is 50.0 Å². The molecule has 0 radical (unpaired) electrons. The summed E-state index contributed by atoms with van der Waals surface area (Å²) < 4.78 is 5.58. The molecule has 1 aliphatic heterocycles. The summed E-state index contributed by atoms with van der Waals surface area (Å²) in [4.78, 5) is 4.79. The second kappa shape index (κ2) is 8.64. The topological polar surface area (TPSA) is 59.7 Å². The van der Waals surface area contributed by atoms with E-state index < -0.39 is 5.41 Å². The fourth-order valence-electron chi connectivity index (χ4n) is 3.72. The Bertz CT molecular complexity index is 849. The van der Waals surface area contributed by atoms with Crippen LogP contribution in [0.2, 0.25) is 0 Å². The van der Waals surface area contributed by atoms with Gasteiger partial charge in [-0.3, -0.25) is 4.90 Å². The van der Waals surface area contributed by atoms with E-state index in [0.29, 0.717) is 0 Å². The maximum absolute atomic E-state index is 9.53. The molecule has 0 saturated carbocycles. The molecular weight excluding hydrogens is 350 g/mol. The van der Waals surface area contributed by atoms with E-state index in [-0.39, 0.29) is 6.61 Å². The fourth-order valence-corrected chi connectivity index (χ4v) is 3.72. The van der Waals surface area contributed by atoms with Crippen LogP contribution in [0.25, 0.3) is 0 Å². The zero-order chi connectivity index (χ0) is 20.1. The van der Waals surface area contributed by atoms with Crippen LogP contribution in [0.4, 0.5) is 5.69 Å². The van der Waals surface area contributed by atoms with Crippen molar-refractivity contribution in [2.45, 2.75) is 32.4 Å². The summed E-state index contributed by atoms with van der Waals surface area (Å²) in [6.07, 6.45) is 0. The van der Waals surface area contributed by atoms with E-state index in [1.165, 1.54) is 5.56 Å². The summed E-state index contributed by atoms with van der Waals surface area (Å²) in [5.74, 6) is 0.767. The predicted molar refractivity (Wildman–Crippen MR) is 111 cm³/mol. The zero-order valence-corrected chi connectivity index (χ0v) is 17.0. The predicted octanol–water partition coefficient (Wildman–Crippen LogP) is 3.31. The Morgan fingerprint density at radius 3 is 2.36 bits per heavy atom. The molecule has 1 fully saturated rings. The standard InChI is InChI=1S/C23H29N3O2/c1-23(2,17-24)21-9-8-20(14-22(21)28-3)26-12-10-25(11-13-26)15-18-6-4-5-7-19(18)16-27/h4-9,14,27H,10-13,15-16H2,1-3H3. The van der Waals surface area contributed by atoms with E-state index in [4.69, 9.17) is 4.74 Å². The molecule has 0 unspecified atom stereocenters. The highest BCUT2D eigenvalue weighted by Crippen LogP contribution is 2.34. The molecule has 0 bridgehead atoms. The van der Waals surface area contributed by atoms with Gasteiger partial charge < -0.3 is 14.7 Å². The van der Waals surface area contributed by atoms with Gasteiger partial charge in [0.15, 0.2) is 0 Å². The Labute approximate surface area is 167 Å². The van der Waals surface area contributed by atoms with Crippen molar-refractivity contribution in [3.63, 3.8) is 0 Å². The van der Waals surface area contributed by atoms with Crippen molar-refractivity contribution < 1.29 is 9.84 Å². The van der Waals surface area contributed by atoms with Crippen LogP contribution in [-0.4, -0.2) is 43.3 Å². The Kier molecular flexibility index (Phi) is 6.23. The van der Waals surface area contributed by atoms with E-state index >= 15 is 0 Å². The van der Waals surface area contributed by atoms with Crippen molar-refractivity contribution in [2.24, 2.45) is 0 Å². The molecule has 28 heavy (non-hydrogen) atoms. The Hall–Kier alpha value is -2.55. The molecule has 0 atom stereocenters. The lowest BCUT2D eigenvalue weighted by Crippen LogP contribution is -2.46. The number of nitriles is 1. The van der Waals surface area contributed by atoms with Crippen LogP contribution < -0.4 is 9.64 Å². The first-order valence-corrected chi connectivity index (χ1v) is 9.73. The van der Waals surface area contributed by atoms with Crippen LogP contribution in [0.5, 0.6) is 5.75 Å². The third-order valence-electron chi connectivity index (χ3n) is 5.56. The number of hydrogen-bond acceptors (Lipinski definition) is 5. The van der Waals surface area contributed by atoms with Gasteiger partial charge in [-0.2, -0.15) is 5.26 Å². The summed E-state index contributed by atoms with van der Waals surface area (Å²) >= 11 is 0. The maximum atomic E-state index is 9.53. The summed E-state index contributed by atoms with van der Waals surface area (Å²) in [7, 11) is 1.66. The normalized spacial score (nSPS) is 15.3. The van der Waals surface area contributed by atoms with Crippen molar-refractivity contribution in [1.29, 1.82) is 5.26 Å². The van der Waals surface area contributed by atoms with Gasteiger partial charge in [0.25, 0.3) is 0 Å². The number of ether oxygens (including phenoxy) is 1. The largest absolute Gasteiger partial charge is 0.496 e. The average Bonchev–Trinajstić information content (AvgIpc) is 2.74. The van der Waals surface area contributed by atoms with E-state index in [1.807, 2.05) is 44.2 Å². The number of benzene rings is 2. The Morgan fingerprint density at radius 2 is 1.75 bits per heavy atom. The van der Waals surface area contributed by atoms with Gasteiger partial charge >= 0.3 is 0 Å². The number of aliphatic hydroxyl groups is 1. The monoisotopic (exact) mass is 379 g/mol. The van der Waals surface area contributed by atoms with Gasteiger partial charge in [-0.1, -0.05) is 30.3 Å². The lowest BCUT2D eigenvalue weighted by atomic mass is 9.85. The van der Waals surface area contributed by atoms with Gasteiger partial charge in [-0.15, -0.1) is 0 Å². The summed E-state index contributed by atoms with van der Waals surface area (Å²) in [6, 6.07) is 16.6. The smallest absolute Gasteiger partial charge is 0.125 e. The highest BCUT2D eigenvalue weighted by atomic mass is 16.5. The van der Waals surface area contributed by atoms with E-state index in [0.717, 1.165) is 55.3 Å². The number of nitrogens with zero attached hydrogens (tertiary/aromatic N) is 3. The van der Waals surface area contributed by atoms with Gasteiger partial charge in [0.1, 0.15) is 5.75 Å². The molecule has 5 heteroatoms. The highest BCUT2D eigenvalue weighted by molar-refractivity contribution is 5.56. The van der Waals surface area contributed by atoms with Crippen molar-refractivity contribution >= 4 is 5.69 Å². The van der Waals surface area contributed by atoms with Crippen LogP contribution in [0.1, 0.15) is 30.5 Å². The fraction of sp³-hybridized carbons (Fsp3) is 0.435. The highest BCUT2D eigenvalue weighted by Gasteiger charge is 2.25. The molecule has 0 aliphatic carbocycles. The number of aliphatic hydroxyl groups excluding tert-OH is 1. The number of methoxy groups -OCH3 is 1. The molecule has 0 amide bonds. The molecular formula is C23H29N3O2. The zero-order valence-electron chi connectivity index (χ0n) is 17.0. The van der Waals surface area contributed by atoms with E-state index in [1.54, 1.807) is 7.11 Å². The minimum atomic E-state index is -0.581. The molecule has 1 saturated heterocycles. The van der Waals surface area contributed by atoms with Crippen LogP contribution in [0.3, 0.4) is 0 Å². The van der Waals surface area contributed by atoms with Crippen molar-refractivity contribution in [1.82, 2.24) is 4.90 Å². The van der Waals surface area contributed by atoms with E-state index in [2.05, 4.69) is 28.0 Å². The van der Waals surface area contributed by atoms with Crippen LogP contribution in [0.15, 0.2) is 42.5 Å². The number of hydrogen-bond donors (Lipinski definition) is 1. The minimum Gasteiger partial charge on any atom is -0.496 e. The van der Waals surface area contributed by atoms with Crippen LogP contribution >= 0.6 is 0 Å². The van der Waals surface area contributed by atoms with E-state index in [9.17, 15) is 10.4 Å². The SMILES string of the molecule is COc1cc(N2CCN(Cc3ccccc3CO)CC2)ccc1C(C)(C)C#N. The molecule has 3 rings (SSSR count). The molecule has 0 spiro atoms. The van der Waals surface area contributed by atoms with Crippen LogP contribution in [0, 0.1) is 11.3 Å². The van der Waals surface area contributed by atoms with Crippen molar-refractivity contribution in [3.8, 4) is 11.8 Å². The average molecular weight is 380 g/mol. The van der Waals surface area contributed by atoms with Gasteiger partial charge in [0.2, 0.25) is 0 Å². The summed E-state index contributed by atoms with van der Waals surface area (Å²) in [5, 5.41) is 19.0. The molecule has 5 nitrogen and oxygen atoms in total. The summed E-state index contributed by atoms with van der Waals surface area (Å²) in [6.45, 7) is 8.57. The Balaban J connectivity index is 1.67. The quantitative estimate of drug-likeness (QED) is 0.834. The number of piperazine rings is 1.